The number of allylic oxidation sites excluding steroid dienone is 3. The zero-order valence-corrected chi connectivity index (χ0v) is 22.0. The molecule has 0 fully saturated rings. The molecule has 0 saturated heterocycles. The van der Waals surface area contributed by atoms with Crippen molar-refractivity contribution < 1.29 is 24.0 Å². The van der Waals surface area contributed by atoms with Crippen molar-refractivity contribution in [3.8, 4) is 0 Å². The number of aliphatic hydroxyl groups excluding tert-OH is 1. The second kappa shape index (κ2) is 9.14. The number of fused-ring (bicyclic) bond motifs is 2. The van der Waals surface area contributed by atoms with Gasteiger partial charge in [-0.3, -0.25) is 0 Å². The van der Waals surface area contributed by atoms with E-state index in [0.29, 0.717) is 5.92 Å². The van der Waals surface area contributed by atoms with E-state index >= 15 is 0 Å². The molecule has 5 heteroatoms. The Morgan fingerprint density at radius 2 is 1.71 bits per heavy atom. The van der Waals surface area contributed by atoms with E-state index in [1.165, 1.54) is 27.8 Å². The van der Waals surface area contributed by atoms with Gasteiger partial charge in [-0.05, 0) is 0 Å². The summed E-state index contributed by atoms with van der Waals surface area (Å²) >= 11 is -2.43. The van der Waals surface area contributed by atoms with E-state index in [1.54, 1.807) is 0 Å². The quantitative estimate of drug-likeness (QED) is 0.526. The average Bonchev–Trinajstić information content (AvgIpc) is 3.19. The topological polar surface area (TPSA) is 20.2 Å². The minimum absolute atomic E-state index is 0. The molecule has 2 aromatic carbocycles. The van der Waals surface area contributed by atoms with Crippen LogP contribution < -0.4 is 0 Å². The normalized spacial score (nSPS) is 22.0. The first kappa shape index (κ1) is 23.8. The number of hydrogen-bond acceptors (Lipinski definition) is 1. The summed E-state index contributed by atoms with van der Waals surface area (Å²) in [6.07, 6.45) is 9.26. The Morgan fingerprint density at radius 1 is 1.04 bits per heavy atom. The fourth-order valence-corrected chi connectivity index (χ4v) is 14.4. The summed E-state index contributed by atoms with van der Waals surface area (Å²) in [4.78, 5) is 0. The summed E-state index contributed by atoms with van der Waals surface area (Å²) in [5, 5.41) is 9.34. The molecule has 1 nitrogen and oxygen atoms in total. The van der Waals surface area contributed by atoms with Crippen LogP contribution in [0.3, 0.4) is 0 Å². The third kappa shape index (κ3) is 3.70. The molecular formula is C23H29Cl2OSiZr. The van der Waals surface area contributed by atoms with Crippen molar-refractivity contribution in [2.75, 3.05) is 6.61 Å². The summed E-state index contributed by atoms with van der Waals surface area (Å²) < 4.78 is 5.34. The maximum absolute atomic E-state index is 9.34. The number of aliphatic hydroxyl groups is 1. The molecular weight excluding hydrogens is 482 g/mol. The van der Waals surface area contributed by atoms with E-state index in [-0.39, 0.29) is 34.5 Å². The summed E-state index contributed by atoms with van der Waals surface area (Å²) in [5.41, 5.74) is 7.25. The first-order valence-corrected chi connectivity index (χ1v) is 21.6. The number of hydrogen-bond donors (Lipinski definition) is 1. The summed E-state index contributed by atoms with van der Waals surface area (Å²) in [5.74, 6) is 0.426. The van der Waals surface area contributed by atoms with Crippen LogP contribution in [0.2, 0.25) is 9.26 Å². The van der Waals surface area contributed by atoms with Gasteiger partial charge in [0.15, 0.2) is 0 Å². The van der Waals surface area contributed by atoms with Crippen LogP contribution in [0.4, 0.5) is 0 Å². The number of halogens is 2. The van der Waals surface area contributed by atoms with Crippen molar-refractivity contribution in [2.24, 2.45) is 0 Å². The van der Waals surface area contributed by atoms with E-state index < -0.39 is 18.9 Å². The Morgan fingerprint density at radius 3 is 2.43 bits per heavy atom. The van der Waals surface area contributed by atoms with Crippen LogP contribution in [0.15, 0.2) is 60.7 Å². The van der Waals surface area contributed by atoms with Crippen LogP contribution >= 0.6 is 24.8 Å². The molecule has 0 spiro atoms. The fraction of sp³-hybridized carbons (Fsp3) is 0.304. The van der Waals surface area contributed by atoms with Crippen molar-refractivity contribution in [1.82, 2.24) is 0 Å². The van der Waals surface area contributed by atoms with Gasteiger partial charge in [0.2, 0.25) is 0 Å². The third-order valence-electron chi connectivity index (χ3n) is 6.16. The van der Waals surface area contributed by atoms with Crippen LogP contribution in [0.25, 0.3) is 11.6 Å². The summed E-state index contributed by atoms with van der Waals surface area (Å²) in [7, 11) is 0. The van der Waals surface area contributed by atoms with Gasteiger partial charge in [-0.2, -0.15) is 0 Å². The van der Waals surface area contributed by atoms with Crippen LogP contribution in [-0.4, -0.2) is 18.6 Å². The Kier molecular flexibility index (Phi) is 7.78. The first-order chi connectivity index (χ1) is 12.5. The van der Waals surface area contributed by atoms with Gasteiger partial charge in [0, 0.05) is 0 Å². The SMILES string of the molecule is Cl.Cl.[CH3][Zr]([CH3])(=[SiH2])[C]1(C2C=C(CCCO)c3ccccc32)C=Cc2ccccc21. The molecule has 149 valence electrons. The van der Waals surface area contributed by atoms with Gasteiger partial charge in [-0.1, -0.05) is 0 Å². The molecule has 2 unspecified atom stereocenters. The van der Waals surface area contributed by atoms with E-state index in [1.807, 2.05) is 0 Å². The van der Waals surface area contributed by atoms with Gasteiger partial charge in [0.1, 0.15) is 0 Å². The summed E-state index contributed by atoms with van der Waals surface area (Å²) in [6.45, 7) is 2.59. The second-order valence-corrected chi connectivity index (χ2v) is 30.0. The Hall–Kier alpha value is -0.440. The molecule has 0 heterocycles. The van der Waals surface area contributed by atoms with Gasteiger partial charge < -0.3 is 0 Å². The first-order valence-electron chi connectivity index (χ1n) is 9.54. The minimum atomic E-state index is -2.43. The van der Waals surface area contributed by atoms with Crippen LogP contribution in [0, 0.1) is 0 Å². The monoisotopic (exact) mass is 509 g/mol. The van der Waals surface area contributed by atoms with Crippen molar-refractivity contribution in [3.63, 3.8) is 0 Å². The van der Waals surface area contributed by atoms with E-state index in [9.17, 15) is 5.11 Å². The van der Waals surface area contributed by atoms with Gasteiger partial charge >= 0.3 is 163 Å². The molecule has 0 saturated carbocycles. The molecule has 4 rings (SSSR count). The molecule has 2 aromatic rings. The molecule has 0 radical (unpaired) electrons. The van der Waals surface area contributed by atoms with E-state index in [0.717, 1.165) is 12.8 Å². The van der Waals surface area contributed by atoms with Gasteiger partial charge in [0.25, 0.3) is 0 Å². The Balaban J connectivity index is 0.00000140. The average molecular weight is 512 g/mol. The number of benzene rings is 2. The third-order valence-corrected chi connectivity index (χ3v) is 17.0. The zero-order valence-electron chi connectivity index (χ0n) is 16.5. The summed E-state index contributed by atoms with van der Waals surface area (Å²) in [6, 6.07) is 17.9. The predicted molar refractivity (Wildman–Crippen MR) is 125 cm³/mol. The van der Waals surface area contributed by atoms with Gasteiger partial charge in [-0.25, -0.2) is 0 Å². The van der Waals surface area contributed by atoms with Crippen LogP contribution in [-0.2, 0) is 22.0 Å². The molecule has 0 bridgehead atoms. The molecule has 2 aliphatic rings. The molecule has 0 aromatic heterocycles. The standard InChI is InChI=1S/C21H19O.2CH3.2ClH.H2Si.Zr/c22-13-5-7-16-14-21(19-10-4-3-9-18(16)19)20-12-11-15-6-1-2-8-17(15)20;;;;;;/h1-4,6,8-12,14,21-22H,5,7,13H2;2*1H3;2*1H;1H2;. The van der Waals surface area contributed by atoms with Crippen molar-refractivity contribution >= 4 is 43.3 Å². The second-order valence-electron chi connectivity index (χ2n) is 8.26. The van der Waals surface area contributed by atoms with Crippen molar-refractivity contribution in [2.45, 2.75) is 31.1 Å². The van der Waals surface area contributed by atoms with Gasteiger partial charge in [0.05, 0.1) is 0 Å². The van der Waals surface area contributed by atoms with E-state index in [4.69, 9.17) is 0 Å². The van der Waals surface area contributed by atoms with Crippen molar-refractivity contribution in [1.29, 1.82) is 0 Å². The molecule has 28 heavy (non-hydrogen) atoms. The van der Waals surface area contributed by atoms with Crippen LogP contribution in [0.1, 0.15) is 41.0 Å². The van der Waals surface area contributed by atoms with Gasteiger partial charge in [-0.15, -0.1) is 24.8 Å². The fourth-order valence-electron chi connectivity index (χ4n) is 4.92. The molecule has 1 N–H and O–H groups in total. The maximum atomic E-state index is 9.34. The predicted octanol–water partition coefficient (Wildman–Crippen LogP) is 5.50. The van der Waals surface area contributed by atoms with Crippen LogP contribution in [0.5, 0.6) is 0 Å². The zero-order chi connectivity index (χ0) is 18.4. The Labute approximate surface area is 186 Å². The molecule has 2 atom stereocenters. The van der Waals surface area contributed by atoms with E-state index in [2.05, 4.69) is 82.9 Å². The molecule has 2 aliphatic carbocycles. The number of rotatable bonds is 5. The molecule has 0 aliphatic heterocycles. The molecule has 0 amide bonds. The van der Waals surface area contributed by atoms with Crippen molar-refractivity contribution in [3.05, 3.63) is 82.9 Å². The Bertz CT molecular complexity index is 963.